The van der Waals surface area contributed by atoms with Gasteiger partial charge in [0.15, 0.2) is 0 Å². The summed E-state index contributed by atoms with van der Waals surface area (Å²) in [6.45, 7) is 7.80. The molecule has 0 spiro atoms. The SMILES string of the molecule is CC(C)CNCCC1(OCCC2CCC2)CCC1. The molecule has 0 aromatic carbocycles. The molecule has 2 fully saturated rings. The van der Waals surface area contributed by atoms with Gasteiger partial charge in [-0.1, -0.05) is 33.1 Å². The zero-order chi connectivity index (χ0) is 12.8. The van der Waals surface area contributed by atoms with Crippen LogP contribution in [0, 0.1) is 11.8 Å². The van der Waals surface area contributed by atoms with E-state index >= 15 is 0 Å². The number of rotatable bonds is 9. The van der Waals surface area contributed by atoms with Crippen LogP contribution in [0.4, 0.5) is 0 Å². The quantitative estimate of drug-likeness (QED) is 0.632. The fourth-order valence-electron chi connectivity index (χ4n) is 2.97. The molecule has 2 heteroatoms. The molecule has 0 aromatic heterocycles. The van der Waals surface area contributed by atoms with E-state index in [2.05, 4.69) is 19.2 Å². The standard InChI is InChI=1S/C16H31NO/c1-14(2)13-17-11-10-16(8-4-9-16)18-12-7-15-5-3-6-15/h14-15,17H,3-13H2,1-2H3. The summed E-state index contributed by atoms with van der Waals surface area (Å²) in [5, 5.41) is 3.55. The van der Waals surface area contributed by atoms with Gasteiger partial charge in [0.25, 0.3) is 0 Å². The molecule has 0 saturated heterocycles. The summed E-state index contributed by atoms with van der Waals surface area (Å²) in [7, 11) is 0. The molecule has 2 rings (SSSR count). The van der Waals surface area contributed by atoms with Crippen LogP contribution in [-0.4, -0.2) is 25.3 Å². The van der Waals surface area contributed by atoms with Gasteiger partial charge in [0.1, 0.15) is 0 Å². The van der Waals surface area contributed by atoms with Gasteiger partial charge in [0, 0.05) is 6.61 Å². The average Bonchev–Trinajstić information content (AvgIpc) is 2.22. The summed E-state index contributed by atoms with van der Waals surface area (Å²) in [4.78, 5) is 0. The number of hydrogen-bond donors (Lipinski definition) is 1. The summed E-state index contributed by atoms with van der Waals surface area (Å²) < 4.78 is 6.24. The van der Waals surface area contributed by atoms with Gasteiger partial charge in [-0.25, -0.2) is 0 Å². The molecule has 2 saturated carbocycles. The van der Waals surface area contributed by atoms with Gasteiger partial charge >= 0.3 is 0 Å². The van der Waals surface area contributed by atoms with Crippen molar-refractivity contribution in [3.63, 3.8) is 0 Å². The maximum absolute atomic E-state index is 6.24. The van der Waals surface area contributed by atoms with Crippen LogP contribution < -0.4 is 5.32 Å². The monoisotopic (exact) mass is 253 g/mol. The van der Waals surface area contributed by atoms with Crippen molar-refractivity contribution < 1.29 is 4.74 Å². The molecule has 0 bridgehead atoms. The van der Waals surface area contributed by atoms with E-state index in [0.29, 0.717) is 0 Å². The number of nitrogens with one attached hydrogen (secondary N) is 1. The van der Waals surface area contributed by atoms with Crippen molar-refractivity contribution in [1.29, 1.82) is 0 Å². The molecule has 2 aliphatic carbocycles. The normalized spacial score (nSPS) is 22.8. The van der Waals surface area contributed by atoms with Gasteiger partial charge in [-0.15, -0.1) is 0 Å². The maximum atomic E-state index is 6.24. The van der Waals surface area contributed by atoms with E-state index in [9.17, 15) is 0 Å². The Morgan fingerprint density at radius 1 is 1.22 bits per heavy atom. The van der Waals surface area contributed by atoms with Crippen LogP contribution in [-0.2, 0) is 4.74 Å². The summed E-state index contributed by atoms with van der Waals surface area (Å²) in [5.41, 5.74) is 0.258. The third kappa shape index (κ3) is 4.24. The van der Waals surface area contributed by atoms with E-state index < -0.39 is 0 Å². The summed E-state index contributed by atoms with van der Waals surface area (Å²) in [6.07, 6.45) is 10.8. The lowest BCUT2D eigenvalue weighted by Crippen LogP contribution is -2.43. The zero-order valence-corrected chi connectivity index (χ0v) is 12.3. The molecule has 1 N–H and O–H groups in total. The fourth-order valence-corrected chi connectivity index (χ4v) is 2.97. The highest BCUT2D eigenvalue weighted by molar-refractivity contribution is 4.90. The van der Waals surface area contributed by atoms with Crippen LogP contribution in [0.1, 0.15) is 65.2 Å². The smallest absolute Gasteiger partial charge is 0.0694 e. The Balaban J connectivity index is 1.56. The van der Waals surface area contributed by atoms with Gasteiger partial charge in [0.05, 0.1) is 5.60 Å². The second kappa shape index (κ2) is 6.91. The van der Waals surface area contributed by atoms with Crippen LogP contribution in [0.5, 0.6) is 0 Å². The molecule has 0 heterocycles. The molecule has 0 amide bonds. The molecular formula is C16H31NO. The zero-order valence-electron chi connectivity index (χ0n) is 12.3. The Morgan fingerprint density at radius 3 is 2.50 bits per heavy atom. The van der Waals surface area contributed by atoms with E-state index in [1.54, 1.807) is 0 Å². The molecule has 0 atom stereocenters. The Kier molecular flexibility index (Phi) is 5.50. The van der Waals surface area contributed by atoms with Crippen LogP contribution in [0.15, 0.2) is 0 Å². The first kappa shape index (κ1) is 14.3. The predicted octanol–water partition coefficient (Wildman–Crippen LogP) is 3.75. The first-order chi connectivity index (χ1) is 8.70. The first-order valence-electron chi connectivity index (χ1n) is 8.05. The Hall–Kier alpha value is -0.0800. The van der Waals surface area contributed by atoms with E-state index in [1.807, 2.05) is 0 Å². The van der Waals surface area contributed by atoms with Crippen molar-refractivity contribution in [1.82, 2.24) is 5.32 Å². The lowest BCUT2D eigenvalue weighted by atomic mass is 9.77. The lowest BCUT2D eigenvalue weighted by molar-refractivity contribution is -0.109. The molecule has 0 aromatic rings. The summed E-state index contributed by atoms with van der Waals surface area (Å²) in [6, 6.07) is 0. The highest BCUT2D eigenvalue weighted by atomic mass is 16.5. The van der Waals surface area contributed by atoms with Gasteiger partial charge in [-0.2, -0.15) is 0 Å². The topological polar surface area (TPSA) is 21.3 Å². The van der Waals surface area contributed by atoms with E-state index in [0.717, 1.165) is 31.5 Å². The van der Waals surface area contributed by atoms with Crippen molar-refractivity contribution in [2.75, 3.05) is 19.7 Å². The lowest BCUT2D eigenvalue weighted by Gasteiger charge is -2.42. The molecule has 18 heavy (non-hydrogen) atoms. The van der Waals surface area contributed by atoms with Crippen LogP contribution in [0.3, 0.4) is 0 Å². The Bertz CT molecular complexity index is 231. The highest BCUT2D eigenvalue weighted by Crippen LogP contribution is 2.39. The van der Waals surface area contributed by atoms with E-state index in [-0.39, 0.29) is 5.60 Å². The largest absolute Gasteiger partial charge is 0.375 e. The molecule has 2 aliphatic rings. The second-order valence-electron chi connectivity index (χ2n) is 6.82. The molecule has 0 unspecified atom stereocenters. The third-order valence-electron chi connectivity index (χ3n) is 4.73. The predicted molar refractivity (Wildman–Crippen MR) is 76.8 cm³/mol. The minimum atomic E-state index is 0.258. The number of hydrogen-bond acceptors (Lipinski definition) is 2. The Labute approximate surface area is 113 Å². The average molecular weight is 253 g/mol. The summed E-state index contributed by atoms with van der Waals surface area (Å²) >= 11 is 0. The molecular weight excluding hydrogens is 222 g/mol. The Morgan fingerprint density at radius 2 is 2.00 bits per heavy atom. The van der Waals surface area contributed by atoms with Crippen LogP contribution >= 0.6 is 0 Å². The van der Waals surface area contributed by atoms with Gasteiger partial charge in [0.2, 0.25) is 0 Å². The van der Waals surface area contributed by atoms with Crippen molar-refractivity contribution in [3.05, 3.63) is 0 Å². The van der Waals surface area contributed by atoms with E-state index in [1.165, 1.54) is 51.4 Å². The highest BCUT2D eigenvalue weighted by Gasteiger charge is 2.37. The summed E-state index contributed by atoms with van der Waals surface area (Å²) in [5.74, 6) is 1.74. The third-order valence-corrected chi connectivity index (χ3v) is 4.73. The van der Waals surface area contributed by atoms with Gasteiger partial charge in [-0.3, -0.25) is 0 Å². The molecule has 0 radical (unpaired) electrons. The van der Waals surface area contributed by atoms with Crippen molar-refractivity contribution in [2.45, 2.75) is 70.8 Å². The molecule has 2 nitrogen and oxygen atoms in total. The second-order valence-corrected chi connectivity index (χ2v) is 6.82. The molecule has 0 aliphatic heterocycles. The van der Waals surface area contributed by atoms with Gasteiger partial charge < -0.3 is 10.1 Å². The van der Waals surface area contributed by atoms with Crippen molar-refractivity contribution in [2.24, 2.45) is 11.8 Å². The molecule has 106 valence electrons. The maximum Gasteiger partial charge on any atom is 0.0694 e. The minimum absolute atomic E-state index is 0.258. The fraction of sp³-hybridized carbons (Fsp3) is 1.00. The van der Waals surface area contributed by atoms with Crippen LogP contribution in [0.25, 0.3) is 0 Å². The first-order valence-corrected chi connectivity index (χ1v) is 8.05. The minimum Gasteiger partial charge on any atom is -0.375 e. The van der Waals surface area contributed by atoms with Crippen LogP contribution in [0.2, 0.25) is 0 Å². The van der Waals surface area contributed by atoms with E-state index in [4.69, 9.17) is 4.74 Å². The van der Waals surface area contributed by atoms with Gasteiger partial charge in [-0.05, 0) is 57.0 Å². The van der Waals surface area contributed by atoms with Crippen molar-refractivity contribution in [3.8, 4) is 0 Å². The van der Waals surface area contributed by atoms with Crippen molar-refractivity contribution >= 4 is 0 Å². The number of ether oxygens (including phenoxy) is 1.